The lowest BCUT2D eigenvalue weighted by molar-refractivity contribution is 0.180. The van der Waals surface area contributed by atoms with Gasteiger partial charge in [-0.2, -0.15) is 0 Å². The van der Waals surface area contributed by atoms with Crippen LogP contribution in [0.15, 0.2) is 16.7 Å². The summed E-state index contributed by atoms with van der Waals surface area (Å²) >= 11 is 0. The van der Waals surface area contributed by atoms with Gasteiger partial charge in [-0.05, 0) is 6.07 Å². The van der Waals surface area contributed by atoms with Crippen molar-refractivity contribution in [1.82, 2.24) is 0 Å². The Balaban J connectivity index is 2.76. The highest BCUT2D eigenvalue weighted by Gasteiger charge is 2.13. The smallest absolute Gasteiger partial charge is 0.128 e. The Kier molecular flexibility index (Phi) is 3.28. The summed E-state index contributed by atoms with van der Waals surface area (Å²) in [5.74, 6) is 0.597. The van der Waals surface area contributed by atoms with E-state index in [4.69, 9.17) is 20.0 Å². The zero-order chi connectivity index (χ0) is 8.97. The third kappa shape index (κ3) is 1.85. The van der Waals surface area contributed by atoms with Crippen molar-refractivity contribution in [1.29, 1.82) is 0 Å². The van der Waals surface area contributed by atoms with Crippen molar-refractivity contribution in [3.63, 3.8) is 0 Å². The molecule has 1 aromatic heterocycles. The van der Waals surface area contributed by atoms with Gasteiger partial charge in [-0.25, -0.2) is 0 Å². The van der Waals surface area contributed by atoms with Crippen LogP contribution < -0.4 is 5.73 Å². The molecule has 0 saturated heterocycles. The first-order chi connectivity index (χ1) is 5.79. The van der Waals surface area contributed by atoms with Gasteiger partial charge in [0.2, 0.25) is 0 Å². The second-order valence-corrected chi connectivity index (χ2v) is 2.53. The fourth-order valence-electron chi connectivity index (χ4n) is 1.03. The van der Waals surface area contributed by atoms with Gasteiger partial charge in [-0.3, -0.25) is 0 Å². The van der Waals surface area contributed by atoms with Crippen molar-refractivity contribution >= 4 is 0 Å². The standard InChI is InChI=1S/C8H13NO3/c1-11-5-6-2-3-12-8(6)7(9)4-10/h2-3,7,10H,4-5,9H2,1H3/t7-/m1/s1. The summed E-state index contributed by atoms with van der Waals surface area (Å²) in [6.07, 6.45) is 1.54. The van der Waals surface area contributed by atoms with Gasteiger partial charge in [-0.15, -0.1) is 0 Å². The maximum atomic E-state index is 8.77. The van der Waals surface area contributed by atoms with E-state index in [1.54, 1.807) is 19.4 Å². The van der Waals surface area contributed by atoms with Crippen molar-refractivity contribution in [3.05, 3.63) is 23.7 Å². The Labute approximate surface area is 70.9 Å². The number of rotatable bonds is 4. The first kappa shape index (κ1) is 9.25. The molecular weight excluding hydrogens is 158 g/mol. The van der Waals surface area contributed by atoms with Gasteiger partial charge in [0.1, 0.15) is 5.76 Å². The minimum absolute atomic E-state index is 0.121. The van der Waals surface area contributed by atoms with Gasteiger partial charge in [0.15, 0.2) is 0 Å². The van der Waals surface area contributed by atoms with E-state index in [1.807, 2.05) is 0 Å². The molecule has 1 aromatic rings. The average molecular weight is 171 g/mol. The number of furan rings is 1. The van der Waals surface area contributed by atoms with Crippen LogP contribution >= 0.6 is 0 Å². The largest absolute Gasteiger partial charge is 0.467 e. The number of hydrogen-bond acceptors (Lipinski definition) is 4. The van der Waals surface area contributed by atoms with Gasteiger partial charge in [-0.1, -0.05) is 0 Å². The van der Waals surface area contributed by atoms with Gasteiger partial charge >= 0.3 is 0 Å². The Morgan fingerprint density at radius 2 is 2.50 bits per heavy atom. The Hall–Kier alpha value is -0.840. The highest BCUT2D eigenvalue weighted by Crippen LogP contribution is 2.17. The van der Waals surface area contributed by atoms with Crippen LogP contribution in [0, 0.1) is 0 Å². The molecule has 0 aromatic carbocycles. The summed E-state index contributed by atoms with van der Waals surface area (Å²) in [5, 5.41) is 8.77. The quantitative estimate of drug-likeness (QED) is 0.688. The minimum Gasteiger partial charge on any atom is -0.467 e. The van der Waals surface area contributed by atoms with Gasteiger partial charge in [0, 0.05) is 12.7 Å². The number of aliphatic hydroxyl groups excluding tert-OH is 1. The Bertz CT molecular complexity index is 234. The summed E-state index contributed by atoms with van der Waals surface area (Å²) in [5.41, 5.74) is 6.46. The summed E-state index contributed by atoms with van der Waals surface area (Å²) in [6.45, 7) is 0.337. The molecule has 4 heteroatoms. The first-order valence-electron chi connectivity index (χ1n) is 3.71. The number of ether oxygens (including phenoxy) is 1. The summed E-state index contributed by atoms with van der Waals surface area (Å²) < 4.78 is 10.0. The average Bonchev–Trinajstić information content (AvgIpc) is 2.52. The maximum absolute atomic E-state index is 8.77. The molecule has 4 nitrogen and oxygen atoms in total. The molecule has 0 bridgehead atoms. The first-order valence-corrected chi connectivity index (χ1v) is 3.71. The maximum Gasteiger partial charge on any atom is 0.128 e. The van der Waals surface area contributed by atoms with E-state index in [-0.39, 0.29) is 6.61 Å². The predicted molar refractivity (Wildman–Crippen MR) is 43.4 cm³/mol. The molecule has 1 heterocycles. The van der Waals surface area contributed by atoms with Crippen LogP contribution in [0.1, 0.15) is 17.4 Å². The molecule has 0 spiro atoms. The molecule has 0 aliphatic heterocycles. The van der Waals surface area contributed by atoms with E-state index in [2.05, 4.69) is 0 Å². The lowest BCUT2D eigenvalue weighted by Crippen LogP contribution is -2.15. The van der Waals surface area contributed by atoms with Gasteiger partial charge in [0.05, 0.1) is 25.5 Å². The van der Waals surface area contributed by atoms with E-state index in [9.17, 15) is 0 Å². The summed E-state index contributed by atoms with van der Waals surface area (Å²) in [4.78, 5) is 0. The van der Waals surface area contributed by atoms with Crippen molar-refractivity contribution in [2.45, 2.75) is 12.6 Å². The van der Waals surface area contributed by atoms with Crippen LogP contribution in [0.3, 0.4) is 0 Å². The van der Waals surface area contributed by atoms with E-state index in [0.717, 1.165) is 5.56 Å². The van der Waals surface area contributed by atoms with Crippen molar-refractivity contribution in [3.8, 4) is 0 Å². The highest BCUT2D eigenvalue weighted by atomic mass is 16.5. The van der Waals surface area contributed by atoms with E-state index in [1.165, 1.54) is 0 Å². The second kappa shape index (κ2) is 4.25. The molecule has 68 valence electrons. The van der Waals surface area contributed by atoms with Crippen LogP contribution in [0.2, 0.25) is 0 Å². The number of hydrogen-bond donors (Lipinski definition) is 2. The molecule has 0 aliphatic carbocycles. The third-order valence-electron chi connectivity index (χ3n) is 1.61. The van der Waals surface area contributed by atoms with Crippen LogP contribution in [-0.2, 0) is 11.3 Å². The molecule has 0 amide bonds. The lowest BCUT2D eigenvalue weighted by Gasteiger charge is -2.06. The number of aliphatic hydroxyl groups is 1. The summed E-state index contributed by atoms with van der Waals surface area (Å²) in [7, 11) is 1.60. The molecule has 3 N–H and O–H groups in total. The fraction of sp³-hybridized carbons (Fsp3) is 0.500. The Morgan fingerprint density at radius 1 is 1.75 bits per heavy atom. The molecule has 0 fully saturated rings. The molecule has 0 aliphatic rings. The van der Waals surface area contributed by atoms with Crippen LogP contribution in [0.25, 0.3) is 0 Å². The minimum atomic E-state index is -0.454. The van der Waals surface area contributed by atoms with Crippen LogP contribution in [0.5, 0.6) is 0 Å². The summed E-state index contributed by atoms with van der Waals surface area (Å²) in [6, 6.07) is 1.33. The fourth-order valence-corrected chi connectivity index (χ4v) is 1.03. The van der Waals surface area contributed by atoms with Crippen molar-refractivity contribution < 1.29 is 14.3 Å². The van der Waals surface area contributed by atoms with Crippen molar-refractivity contribution in [2.24, 2.45) is 5.73 Å². The monoisotopic (exact) mass is 171 g/mol. The second-order valence-electron chi connectivity index (χ2n) is 2.53. The molecule has 0 unspecified atom stereocenters. The van der Waals surface area contributed by atoms with E-state index < -0.39 is 6.04 Å². The zero-order valence-corrected chi connectivity index (χ0v) is 6.99. The van der Waals surface area contributed by atoms with Crippen LogP contribution in [0.4, 0.5) is 0 Å². The number of methoxy groups -OCH3 is 1. The molecule has 1 rings (SSSR count). The molecule has 1 atom stereocenters. The lowest BCUT2D eigenvalue weighted by atomic mass is 10.1. The van der Waals surface area contributed by atoms with Gasteiger partial charge < -0.3 is 20.0 Å². The normalized spacial score (nSPS) is 13.2. The van der Waals surface area contributed by atoms with Crippen molar-refractivity contribution in [2.75, 3.05) is 13.7 Å². The predicted octanol–water partition coefficient (Wildman–Crippen LogP) is 0.418. The number of nitrogens with two attached hydrogens (primary N) is 1. The SMILES string of the molecule is COCc1ccoc1[C@H](N)CO. The molecular formula is C8H13NO3. The Morgan fingerprint density at radius 3 is 3.08 bits per heavy atom. The molecule has 12 heavy (non-hydrogen) atoms. The topological polar surface area (TPSA) is 68.6 Å². The van der Waals surface area contributed by atoms with E-state index >= 15 is 0 Å². The third-order valence-corrected chi connectivity index (χ3v) is 1.61. The van der Waals surface area contributed by atoms with Crippen LogP contribution in [-0.4, -0.2) is 18.8 Å². The highest BCUT2D eigenvalue weighted by molar-refractivity contribution is 5.19. The molecule has 0 saturated carbocycles. The van der Waals surface area contributed by atoms with Gasteiger partial charge in [0.25, 0.3) is 0 Å². The molecule has 0 radical (unpaired) electrons. The zero-order valence-electron chi connectivity index (χ0n) is 6.99. The van der Waals surface area contributed by atoms with E-state index in [0.29, 0.717) is 12.4 Å².